The Bertz CT molecular complexity index is 1560. The first-order valence-corrected chi connectivity index (χ1v) is 10.9. The zero-order chi connectivity index (χ0) is 23.2. The van der Waals surface area contributed by atoms with Gasteiger partial charge in [0.2, 0.25) is 5.95 Å². The third-order valence-electron chi connectivity index (χ3n) is 6.17. The van der Waals surface area contributed by atoms with E-state index in [-0.39, 0.29) is 23.1 Å². The number of halogens is 1. The molecule has 10 heteroatoms. The second-order valence-corrected chi connectivity index (χ2v) is 8.26. The van der Waals surface area contributed by atoms with Crippen molar-refractivity contribution in [3.63, 3.8) is 0 Å². The molecule has 5 aromatic rings. The van der Waals surface area contributed by atoms with Crippen molar-refractivity contribution in [3.05, 3.63) is 71.6 Å². The second kappa shape index (κ2) is 7.91. The van der Waals surface area contributed by atoms with Crippen LogP contribution in [0.4, 0.5) is 10.3 Å². The standard InChI is InChI=1S/C24H20FN7O2/c1-34-23(33)18-12-27-32-22(18)30-21(13-8-14(25)11-26-10-13)31-24(32)28-15-6-7-20-17(9-15)16-4-2-3-5-19(16)29-20/h2-5,8,10-12,15,29H,6-7,9H2,1H3,(H,28,30,31)/t15-/m1/s1. The van der Waals surface area contributed by atoms with Crippen molar-refractivity contribution in [1.82, 2.24) is 29.5 Å². The molecular formula is C24H20FN7O2. The Morgan fingerprint density at radius 3 is 2.97 bits per heavy atom. The van der Waals surface area contributed by atoms with Crippen LogP contribution in [0.3, 0.4) is 0 Å². The lowest BCUT2D eigenvalue weighted by Crippen LogP contribution is -2.29. The minimum Gasteiger partial charge on any atom is -0.465 e. The summed E-state index contributed by atoms with van der Waals surface area (Å²) in [5, 5.41) is 9.02. The van der Waals surface area contributed by atoms with Gasteiger partial charge < -0.3 is 15.0 Å². The van der Waals surface area contributed by atoms with Crippen LogP contribution in [-0.4, -0.2) is 48.7 Å². The summed E-state index contributed by atoms with van der Waals surface area (Å²) in [5.74, 6) is -0.427. The number of anilines is 1. The molecule has 0 unspecified atom stereocenters. The van der Waals surface area contributed by atoms with Crippen LogP contribution in [0.25, 0.3) is 27.9 Å². The minimum absolute atomic E-state index is 0.0778. The van der Waals surface area contributed by atoms with E-state index in [1.54, 1.807) is 0 Å². The maximum absolute atomic E-state index is 13.9. The van der Waals surface area contributed by atoms with Crippen molar-refractivity contribution in [2.24, 2.45) is 0 Å². The zero-order valence-electron chi connectivity index (χ0n) is 18.2. The molecule has 0 fully saturated rings. The highest BCUT2D eigenvalue weighted by atomic mass is 19.1. The lowest BCUT2D eigenvalue weighted by molar-refractivity contribution is 0.0602. The second-order valence-electron chi connectivity index (χ2n) is 8.26. The van der Waals surface area contributed by atoms with E-state index in [2.05, 4.69) is 42.5 Å². The molecule has 0 saturated carbocycles. The van der Waals surface area contributed by atoms with E-state index in [0.717, 1.165) is 31.0 Å². The molecule has 4 aromatic heterocycles. The van der Waals surface area contributed by atoms with E-state index in [0.29, 0.717) is 11.5 Å². The predicted molar refractivity (Wildman–Crippen MR) is 123 cm³/mol. The molecule has 170 valence electrons. The first-order chi connectivity index (χ1) is 16.6. The molecule has 2 N–H and O–H groups in total. The number of ether oxygens (including phenoxy) is 1. The summed E-state index contributed by atoms with van der Waals surface area (Å²) >= 11 is 0. The molecule has 1 aliphatic rings. The van der Waals surface area contributed by atoms with E-state index in [4.69, 9.17) is 4.74 Å². The van der Waals surface area contributed by atoms with Gasteiger partial charge in [0, 0.05) is 34.4 Å². The first-order valence-electron chi connectivity index (χ1n) is 10.9. The van der Waals surface area contributed by atoms with Gasteiger partial charge in [0.1, 0.15) is 11.4 Å². The summed E-state index contributed by atoms with van der Waals surface area (Å²) in [4.78, 5) is 28.8. The lowest BCUT2D eigenvalue weighted by atomic mass is 9.91. The zero-order valence-corrected chi connectivity index (χ0v) is 18.2. The molecule has 0 saturated heterocycles. The van der Waals surface area contributed by atoms with Crippen LogP contribution in [0.1, 0.15) is 28.0 Å². The molecule has 6 rings (SSSR count). The van der Waals surface area contributed by atoms with Gasteiger partial charge in [-0.05, 0) is 37.0 Å². The molecule has 0 spiro atoms. The first kappa shape index (κ1) is 20.3. The number of para-hydroxylation sites is 1. The summed E-state index contributed by atoms with van der Waals surface area (Å²) in [6.45, 7) is 0. The topological polar surface area (TPSA) is 110 Å². The number of methoxy groups -OCH3 is 1. The predicted octanol–water partition coefficient (Wildman–Crippen LogP) is 3.56. The Morgan fingerprint density at radius 2 is 2.12 bits per heavy atom. The number of aromatic nitrogens is 6. The maximum Gasteiger partial charge on any atom is 0.343 e. The van der Waals surface area contributed by atoms with Gasteiger partial charge >= 0.3 is 5.97 Å². The van der Waals surface area contributed by atoms with Crippen LogP contribution in [0.15, 0.2) is 48.9 Å². The van der Waals surface area contributed by atoms with Gasteiger partial charge in [-0.1, -0.05) is 18.2 Å². The van der Waals surface area contributed by atoms with Crippen molar-refractivity contribution in [2.45, 2.75) is 25.3 Å². The number of H-pyrrole nitrogens is 1. The SMILES string of the molecule is COC(=O)c1cnn2c(N[C@@H]3CCc4[nH]c5ccccc5c4C3)nc(-c3cncc(F)c3)nc12. The Hall–Kier alpha value is -4.34. The number of nitrogens with zero attached hydrogens (tertiary/aromatic N) is 5. The molecule has 0 amide bonds. The quantitative estimate of drug-likeness (QED) is 0.397. The minimum atomic E-state index is -0.566. The number of benzene rings is 1. The summed E-state index contributed by atoms with van der Waals surface area (Å²) in [6, 6.07) is 9.66. The number of hydrogen-bond acceptors (Lipinski definition) is 7. The van der Waals surface area contributed by atoms with Crippen LogP contribution in [0.2, 0.25) is 0 Å². The summed E-state index contributed by atoms with van der Waals surface area (Å²) in [5.41, 5.74) is 4.53. The van der Waals surface area contributed by atoms with Gasteiger partial charge in [0.15, 0.2) is 11.5 Å². The van der Waals surface area contributed by atoms with Crippen molar-refractivity contribution in [1.29, 1.82) is 0 Å². The molecule has 1 aromatic carbocycles. The van der Waals surface area contributed by atoms with Crippen LogP contribution >= 0.6 is 0 Å². The van der Waals surface area contributed by atoms with Crippen molar-refractivity contribution >= 4 is 28.5 Å². The third-order valence-corrected chi connectivity index (χ3v) is 6.17. The van der Waals surface area contributed by atoms with Gasteiger partial charge in [0.25, 0.3) is 0 Å². The van der Waals surface area contributed by atoms with Crippen LogP contribution < -0.4 is 5.32 Å². The number of fused-ring (bicyclic) bond motifs is 4. The Labute approximate surface area is 193 Å². The number of rotatable bonds is 4. The number of aromatic amines is 1. The number of carbonyl (C=O) groups excluding carboxylic acids is 1. The van der Waals surface area contributed by atoms with Gasteiger partial charge in [-0.3, -0.25) is 4.98 Å². The van der Waals surface area contributed by atoms with E-state index >= 15 is 0 Å². The number of esters is 1. The Kier molecular flexibility index (Phi) is 4.72. The smallest absolute Gasteiger partial charge is 0.343 e. The fourth-order valence-electron chi connectivity index (χ4n) is 4.56. The van der Waals surface area contributed by atoms with Crippen molar-refractivity contribution < 1.29 is 13.9 Å². The average molecular weight is 457 g/mol. The summed E-state index contributed by atoms with van der Waals surface area (Å²) in [6.07, 6.45) is 6.56. The normalized spacial score (nSPS) is 15.4. The van der Waals surface area contributed by atoms with Gasteiger partial charge in [-0.2, -0.15) is 14.6 Å². The fourth-order valence-corrected chi connectivity index (χ4v) is 4.56. The van der Waals surface area contributed by atoms with E-state index in [1.165, 1.54) is 46.7 Å². The lowest BCUT2D eigenvalue weighted by Gasteiger charge is -2.24. The number of carbonyl (C=O) groups is 1. The number of aryl methyl sites for hydroxylation is 1. The van der Waals surface area contributed by atoms with Crippen molar-refractivity contribution in [3.8, 4) is 11.4 Å². The molecular weight excluding hydrogens is 437 g/mol. The maximum atomic E-state index is 13.9. The fraction of sp³-hybridized carbons (Fsp3) is 0.208. The van der Waals surface area contributed by atoms with Crippen LogP contribution in [-0.2, 0) is 17.6 Å². The monoisotopic (exact) mass is 457 g/mol. The highest BCUT2D eigenvalue weighted by molar-refractivity contribution is 5.96. The highest BCUT2D eigenvalue weighted by Gasteiger charge is 2.25. The number of pyridine rings is 1. The third kappa shape index (κ3) is 3.35. The summed E-state index contributed by atoms with van der Waals surface area (Å²) in [7, 11) is 1.30. The molecule has 0 aliphatic heterocycles. The number of hydrogen-bond donors (Lipinski definition) is 2. The van der Waals surface area contributed by atoms with E-state index in [9.17, 15) is 9.18 Å². The molecule has 34 heavy (non-hydrogen) atoms. The molecule has 1 aliphatic carbocycles. The van der Waals surface area contributed by atoms with Gasteiger partial charge in [0.05, 0.1) is 19.5 Å². The van der Waals surface area contributed by atoms with Crippen LogP contribution in [0, 0.1) is 5.82 Å². The van der Waals surface area contributed by atoms with Gasteiger partial charge in [-0.25, -0.2) is 14.2 Å². The largest absolute Gasteiger partial charge is 0.465 e. The Balaban J connectivity index is 1.42. The molecule has 9 nitrogen and oxygen atoms in total. The number of nitrogens with one attached hydrogen (secondary N) is 2. The summed E-state index contributed by atoms with van der Waals surface area (Å²) < 4.78 is 20.2. The van der Waals surface area contributed by atoms with Crippen LogP contribution in [0.5, 0.6) is 0 Å². The Morgan fingerprint density at radius 1 is 1.24 bits per heavy atom. The average Bonchev–Trinajstić information content (AvgIpc) is 3.45. The highest BCUT2D eigenvalue weighted by Crippen LogP contribution is 2.30. The molecule has 4 heterocycles. The molecule has 0 bridgehead atoms. The van der Waals surface area contributed by atoms with E-state index < -0.39 is 11.8 Å². The van der Waals surface area contributed by atoms with E-state index in [1.807, 2.05) is 12.1 Å². The molecule has 0 radical (unpaired) electrons. The van der Waals surface area contributed by atoms with Gasteiger partial charge in [-0.15, -0.1) is 0 Å². The molecule has 1 atom stereocenters. The van der Waals surface area contributed by atoms with Crippen molar-refractivity contribution in [2.75, 3.05) is 12.4 Å².